The van der Waals surface area contributed by atoms with Gasteiger partial charge in [-0.15, -0.1) is 0 Å². The number of aryl methyl sites for hydroxylation is 2. The van der Waals surface area contributed by atoms with Crippen molar-refractivity contribution in [3.63, 3.8) is 0 Å². The zero-order valence-electron chi connectivity index (χ0n) is 16.4. The average Bonchev–Trinajstić information content (AvgIpc) is 3.33. The molecule has 9 nitrogen and oxygen atoms in total. The van der Waals surface area contributed by atoms with Gasteiger partial charge in [-0.3, -0.25) is 13.9 Å². The minimum atomic E-state index is -3.78. The Morgan fingerprint density at radius 2 is 1.97 bits per heavy atom. The number of hydrogen-bond acceptors (Lipinski definition) is 6. The summed E-state index contributed by atoms with van der Waals surface area (Å²) in [5.74, 6) is 0.366. The summed E-state index contributed by atoms with van der Waals surface area (Å²) in [6.07, 6.45) is 2.31. The molecule has 1 N–H and O–H groups in total. The Bertz CT molecular complexity index is 1330. The van der Waals surface area contributed by atoms with E-state index in [1.165, 1.54) is 29.8 Å². The standard InChI is InChI=1S/C19H22N4O5S/c1-4-19(7-8-19)21-29(26,27)14-5-6-16-15(10-14)17(24)23(18(25)22(16)3)11-13-9-12(2)20-28-13/h5-6,9-10,21H,4,7-8,11H2,1-3H3. The molecule has 2 aromatic heterocycles. The number of nitrogens with zero attached hydrogens (tertiary/aromatic N) is 3. The summed E-state index contributed by atoms with van der Waals surface area (Å²) in [6, 6.07) is 5.87. The Labute approximate surface area is 167 Å². The van der Waals surface area contributed by atoms with Gasteiger partial charge in [-0.05, 0) is 44.4 Å². The predicted molar refractivity (Wildman–Crippen MR) is 106 cm³/mol. The summed E-state index contributed by atoms with van der Waals surface area (Å²) in [5.41, 5.74) is -0.489. The van der Waals surface area contributed by atoms with Crippen molar-refractivity contribution >= 4 is 20.9 Å². The quantitative estimate of drug-likeness (QED) is 0.644. The fourth-order valence-electron chi connectivity index (χ4n) is 3.47. The van der Waals surface area contributed by atoms with Gasteiger partial charge in [-0.2, -0.15) is 0 Å². The van der Waals surface area contributed by atoms with Gasteiger partial charge in [0.15, 0.2) is 5.76 Å². The van der Waals surface area contributed by atoms with Crippen molar-refractivity contribution in [3.8, 4) is 0 Å². The van der Waals surface area contributed by atoms with Gasteiger partial charge < -0.3 is 4.52 Å². The van der Waals surface area contributed by atoms with Gasteiger partial charge >= 0.3 is 5.69 Å². The van der Waals surface area contributed by atoms with Crippen LogP contribution in [0.3, 0.4) is 0 Å². The highest BCUT2D eigenvalue weighted by molar-refractivity contribution is 7.89. The van der Waals surface area contributed by atoms with Crippen LogP contribution in [0.1, 0.15) is 37.6 Å². The highest BCUT2D eigenvalue weighted by Gasteiger charge is 2.44. The van der Waals surface area contributed by atoms with Crippen LogP contribution in [0.5, 0.6) is 0 Å². The Balaban J connectivity index is 1.83. The van der Waals surface area contributed by atoms with Gasteiger partial charge in [-0.25, -0.2) is 17.9 Å². The lowest BCUT2D eigenvalue weighted by molar-refractivity contribution is 0.369. The van der Waals surface area contributed by atoms with Crippen molar-refractivity contribution in [2.75, 3.05) is 0 Å². The number of fused-ring (bicyclic) bond motifs is 1. The topological polar surface area (TPSA) is 116 Å². The van der Waals surface area contributed by atoms with Crippen LogP contribution in [0.2, 0.25) is 0 Å². The number of hydrogen-bond donors (Lipinski definition) is 1. The van der Waals surface area contributed by atoms with Crippen LogP contribution in [-0.4, -0.2) is 28.2 Å². The van der Waals surface area contributed by atoms with Crippen LogP contribution in [0.4, 0.5) is 0 Å². The van der Waals surface area contributed by atoms with E-state index >= 15 is 0 Å². The van der Waals surface area contributed by atoms with Gasteiger partial charge in [-0.1, -0.05) is 12.1 Å². The molecule has 3 aromatic rings. The Morgan fingerprint density at radius 1 is 1.24 bits per heavy atom. The molecule has 29 heavy (non-hydrogen) atoms. The summed E-state index contributed by atoms with van der Waals surface area (Å²) in [5, 5.41) is 3.91. The van der Waals surface area contributed by atoms with Crippen LogP contribution in [0, 0.1) is 6.92 Å². The molecular weight excluding hydrogens is 396 g/mol. The molecule has 1 aliphatic carbocycles. The van der Waals surface area contributed by atoms with Crippen molar-refractivity contribution in [2.24, 2.45) is 7.05 Å². The summed E-state index contributed by atoms with van der Waals surface area (Å²) >= 11 is 0. The first kappa shape index (κ1) is 19.6. The van der Waals surface area contributed by atoms with E-state index in [1.54, 1.807) is 13.0 Å². The smallest absolute Gasteiger partial charge is 0.331 e. The molecule has 0 aliphatic heterocycles. The second-order valence-electron chi connectivity index (χ2n) is 7.59. The summed E-state index contributed by atoms with van der Waals surface area (Å²) in [7, 11) is -2.24. The van der Waals surface area contributed by atoms with E-state index in [1.807, 2.05) is 6.92 Å². The van der Waals surface area contributed by atoms with Crippen LogP contribution >= 0.6 is 0 Å². The van der Waals surface area contributed by atoms with Crippen molar-refractivity contribution in [3.05, 3.63) is 56.6 Å². The number of rotatable bonds is 6. The molecule has 1 aliphatic rings. The molecule has 154 valence electrons. The molecule has 10 heteroatoms. The average molecular weight is 418 g/mol. The molecule has 0 radical (unpaired) electrons. The molecule has 0 bridgehead atoms. The summed E-state index contributed by atoms with van der Waals surface area (Å²) < 4.78 is 35.8. The molecule has 0 spiro atoms. The third-order valence-corrected chi connectivity index (χ3v) is 7.08. The van der Waals surface area contributed by atoms with Crippen LogP contribution in [-0.2, 0) is 23.6 Å². The third-order valence-electron chi connectivity index (χ3n) is 5.50. The second kappa shape index (κ2) is 6.67. The van der Waals surface area contributed by atoms with Gasteiger partial charge in [0.1, 0.15) is 0 Å². The fraction of sp³-hybridized carbons (Fsp3) is 0.421. The maximum atomic E-state index is 13.0. The van der Waals surface area contributed by atoms with Crippen LogP contribution < -0.4 is 16.0 Å². The normalized spacial score (nSPS) is 15.7. The Kier molecular flexibility index (Phi) is 4.50. The van der Waals surface area contributed by atoms with Gasteiger partial charge in [0.25, 0.3) is 5.56 Å². The number of nitrogens with one attached hydrogen (secondary N) is 1. The maximum absolute atomic E-state index is 13.0. The zero-order valence-corrected chi connectivity index (χ0v) is 17.2. The summed E-state index contributed by atoms with van der Waals surface area (Å²) in [4.78, 5) is 25.7. The highest BCUT2D eigenvalue weighted by atomic mass is 32.2. The van der Waals surface area contributed by atoms with E-state index < -0.39 is 21.3 Å². The van der Waals surface area contributed by atoms with Crippen molar-refractivity contribution < 1.29 is 12.9 Å². The molecule has 0 amide bonds. The first-order valence-corrected chi connectivity index (χ1v) is 10.8. The molecule has 1 fully saturated rings. The maximum Gasteiger partial charge on any atom is 0.331 e. The van der Waals surface area contributed by atoms with Crippen molar-refractivity contribution in [1.82, 2.24) is 19.0 Å². The molecule has 0 atom stereocenters. The minimum absolute atomic E-state index is 0.00235. The number of sulfonamides is 1. The molecular formula is C19H22N4O5S. The van der Waals surface area contributed by atoms with E-state index in [0.29, 0.717) is 23.4 Å². The molecule has 1 aromatic carbocycles. The van der Waals surface area contributed by atoms with E-state index in [-0.39, 0.29) is 22.4 Å². The van der Waals surface area contributed by atoms with E-state index in [4.69, 9.17) is 4.52 Å². The predicted octanol–water partition coefficient (Wildman–Crippen LogP) is 1.27. The lowest BCUT2D eigenvalue weighted by Crippen LogP contribution is -2.39. The fourth-order valence-corrected chi connectivity index (χ4v) is 5.03. The first-order valence-electron chi connectivity index (χ1n) is 9.35. The highest BCUT2D eigenvalue weighted by Crippen LogP contribution is 2.39. The molecule has 4 rings (SSSR count). The molecule has 1 saturated carbocycles. The van der Waals surface area contributed by atoms with Crippen molar-refractivity contribution in [2.45, 2.75) is 50.1 Å². The SMILES string of the molecule is CCC1(NS(=O)(=O)c2ccc3c(c2)c(=O)n(Cc2cc(C)no2)c(=O)n3C)CC1. The zero-order chi connectivity index (χ0) is 21.0. The van der Waals surface area contributed by atoms with Crippen LogP contribution in [0.25, 0.3) is 10.9 Å². The molecule has 0 unspecified atom stereocenters. The van der Waals surface area contributed by atoms with E-state index in [0.717, 1.165) is 17.4 Å². The lowest BCUT2D eigenvalue weighted by atomic mass is 10.2. The first-order chi connectivity index (χ1) is 13.7. The summed E-state index contributed by atoms with van der Waals surface area (Å²) in [6.45, 7) is 3.59. The Hall–Kier alpha value is -2.72. The third kappa shape index (κ3) is 3.42. The molecule has 2 heterocycles. The van der Waals surface area contributed by atoms with Crippen LogP contribution in [0.15, 0.2) is 43.3 Å². The second-order valence-corrected chi connectivity index (χ2v) is 9.27. The number of benzene rings is 1. The van der Waals surface area contributed by atoms with E-state index in [9.17, 15) is 18.0 Å². The largest absolute Gasteiger partial charge is 0.359 e. The Morgan fingerprint density at radius 3 is 2.55 bits per heavy atom. The van der Waals surface area contributed by atoms with Gasteiger partial charge in [0.05, 0.1) is 28.0 Å². The van der Waals surface area contributed by atoms with Crippen molar-refractivity contribution in [1.29, 1.82) is 0 Å². The lowest BCUT2D eigenvalue weighted by Gasteiger charge is -2.16. The van der Waals surface area contributed by atoms with E-state index in [2.05, 4.69) is 9.88 Å². The van der Waals surface area contributed by atoms with Gasteiger partial charge in [0.2, 0.25) is 10.0 Å². The molecule has 0 saturated heterocycles. The van der Waals surface area contributed by atoms with Gasteiger partial charge in [0, 0.05) is 18.7 Å². The minimum Gasteiger partial charge on any atom is -0.359 e. The monoisotopic (exact) mass is 418 g/mol. The number of aromatic nitrogens is 3.